The molecule has 1 saturated heterocycles. The van der Waals surface area contributed by atoms with Crippen molar-refractivity contribution in [2.45, 2.75) is 25.1 Å². The van der Waals surface area contributed by atoms with E-state index < -0.39 is 23.8 Å². The van der Waals surface area contributed by atoms with Crippen molar-refractivity contribution < 1.29 is 18.3 Å². The van der Waals surface area contributed by atoms with Crippen molar-refractivity contribution in [2.75, 3.05) is 23.7 Å². The van der Waals surface area contributed by atoms with Gasteiger partial charge in [-0.05, 0) is 60.0 Å². The number of nitrogens with zero attached hydrogens (tertiary/aromatic N) is 6. The molecule has 14 heteroatoms. The third-order valence-electron chi connectivity index (χ3n) is 8.57. The van der Waals surface area contributed by atoms with Gasteiger partial charge in [-0.15, -0.1) is 5.10 Å². The fourth-order valence-corrected chi connectivity index (χ4v) is 6.41. The Balaban J connectivity index is 1.16. The minimum absolute atomic E-state index is 0.0826. The highest BCUT2D eigenvalue weighted by atomic mass is 35.5. The van der Waals surface area contributed by atoms with Gasteiger partial charge in [-0.2, -0.15) is 5.26 Å². The van der Waals surface area contributed by atoms with Gasteiger partial charge in [0.15, 0.2) is 0 Å². The number of nitrogens with one attached hydrogen (secondary N) is 2. The quantitative estimate of drug-likeness (QED) is 0.152. The van der Waals surface area contributed by atoms with Crippen molar-refractivity contribution in [1.82, 2.24) is 24.9 Å². The fraction of sp³-hybridized carbons (Fsp3) is 0.162. The molecular formula is C37H28Cl2F2N8O2. The molecule has 2 N–H and O–H groups in total. The molecule has 10 nitrogen and oxygen atoms in total. The average molecular weight is 726 g/mol. The van der Waals surface area contributed by atoms with Crippen molar-refractivity contribution in [3.8, 4) is 6.07 Å². The summed E-state index contributed by atoms with van der Waals surface area (Å²) in [6.45, 7) is 1.08. The molecule has 0 spiro atoms. The van der Waals surface area contributed by atoms with E-state index in [9.17, 15) is 18.8 Å². The summed E-state index contributed by atoms with van der Waals surface area (Å²) in [4.78, 5) is 18.9. The molecule has 7 rings (SSSR count). The third-order valence-corrected chi connectivity index (χ3v) is 9.15. The Labute approximate surface area is 301 Å². The average Bonchev–Trinajstić information content (AvgIpc) is 3.83. The number of carbonyl (C=O) groups excluding carboxylic acids is 1. The van der Waals surface area contributed by atoms with Crippen LogP contribution in [0.25, 0.3) is 10.9 Å². The first-order valence-corrected chi connectivity index (χ1v) is 16.6. The van der Waals surface area contributed by atoms with Crippen LogP contribution in [0.5, 0.6) is 0 Å². The molecule has 3 heterocycles. The zero-order chi connectivity index (χ0) is 35.5. The summed E-state index contributed by atoms with van der Waals surface area (Å²) in [6.07, 6.45) is 3.46. The maximum atomic E-state index is 14.0. The van der Waals surface area contributed by atoms with E-state index in [0.29, 0.717) is 63.8 Å². The number of ether oxygens (including phenoxy) is 1. The van der Waals surface area contributed by atoms with Crippen molar-refractivity contribution in [1.29, 1.82) is 5.26 Å². The van der Waals surface area contributed by atoms with Crippen LogP contribution in [0.4, 0.5) is 30.6 Å². The summed E-state index contributed by atoms with van der Waals surface area (Å²) in [5, 5.41) is 26.2. The molecule has 0 aliphatic carbocycles. The Morgan fingerprint density at radius 1 is 1.02 bits per heavy atom. The van der Waals surface area contributed by atoms with E-state index in [4.69, 9.17) is 27.9 Å². The number of anilines is 3. The number of rotatable bonds is 9. The molecule has 2 atom stereocenters. The fourth-order valence-electron chi connectivity index (χ4n) is 5.97. The Bertz CT molecular complexity index is 2260. The standard InChI is InChI=1S/C37H28Cl2F2N8O2/c38-30-15-26(10-11-32(30)41)44-34-24(17-42)18-43-36-29(34)14-27(16-31(36)39)45-35(23-6-8-25(40)9-7-23)33-20-49(47-46-33)28-12-13-48(19-28)37(50)51-21-22-4-2-1-3-5-22/h1-11,14-16,18,20,28,35,45H,12-13,19,21H2,(H,43,44)/t28-,35?/m1/s1. The van der Waals surface area contributed by atoms with Crippen LogP contribution in [0.1, 0.15) is 40.9 Å². The van der Waals surface area contributed by atoms with E-state index in [-0.39, 0.29) is 23.2 Å². The molecule has 256 valence electrons. The van der Waals surface area contributed by atoms with Gasteiger partial charge in [0.1, 0.15) is 30.0 Å². The minimum Gasteiger partial charge on any atom is -0.445 e. The molecule has 2 aromatic heterocycles. The highest BCUT2D eigenvalue weighted by Gasteiger charge is 2.30. The molecule has 1 fully saturated rings. The van der Waals surface area contributed by atoms with Gasteiger partial charge in [0.25, 0.3) is 0 Å². The number of fused-ring (bicyclic) bond motifs is 1. The van der Waals surface area contributed by atoms with Crippen molar-refractivity contribution in [3.63, 3.8) is 0 Å². The van der Waals surface area contributed by atoms with Gasteiger partial charge in [0, 0.05) is 36.0 Å². The number of hydrogen-bond acceptors (Lipinski definition) is 8. The van der Waals surface area contributed by atoms with Gasteiger partial charge in [-0.3, -0.25) is 4.98 Å². The lowest BCUT2D eigenvalue weighted by atomic mass is 10.0. The second-order valence-electron chi connectivity index (χ2n) is 11.9. The summed E-state index contributed by atoms with van der Waals surface area (Å²) < 4.78 is 35.2. The van der Waals surface area contributed by atoms with E-state index in [0.717, 1.165) is 5.56 Å². The number of aromatic nitrogens is 4. The molecule has 0 radical (unpaired) electrons. The lowest BCUT2D eigenvalue weighted by molar-refractivity contribution is 0.103. The normalized spacial score (nSPS) is 14.6. The predicted molar refractivity (Wildman–Crippen MR) is 190 cm³/mol. The molecule has 4 aromatic carbocycles. The SMILES string of the molecule is N#Cc1cnc2c(Cl)cc(NC(c3ccc(F)cc3)c3cn([C@@H]4CCN(C(=O)OCc5ccccc5)C4)nn3)cc2c1Nc1ccc(F)c(Cl)c1. The second-order valence-corrected chi connectivity index (χ2v) is 12.8. The maximum absolute atomic E-state index is 14.0. The highest BCUT2D eigenvalue weighted by Crippen LogP contribution is 2.37. The summed E-state index contributed by atoms with van der Waals surface area (Å²) in [5.41, 5.74) is 4.18. The van der Waals surface area contributed by atoms with Crippen LogP contribution in [0.2, 0.25) is 10.0 Å². The molecule has 1 aliphatic heterocycles. The molecule has 0 saturated carbocycles. The first-order valence-electron chi connectivity index (χ1n) is 15.9. The number of carbonyl (C=O) groups is 1. The van der Waals surface area contributed by atoms with Crippen LogP contribution in [-0.2, 0) is 11.3 Å². The number of likely N-dealkylation sites (tertiary alicyclic amines) is 1. The van der Waals surface area contributed by atoms with Crippen LogP contribution in [0.3, 0.4) is 0 Å². The number of nitriles is 1. The van der Waals surface area contributed by atoms with Crippen LogP contribution >= 0.6 is 23.2 Å². The predicted octanol–water partition coefficient (Wildman–Crippen LogP) is 8.81. The van der Waals surface area contributed by atoms with Crippen molar-refractivity contribution in [2.24, 2.45) is 0 Å². The smallest absolute Gasteiger partial charge is 0.410 e. The summed E-state index contributed by atoms with van der Waals surface area (Å²) >= 11 is 12.8. The van der Waals surface area contributed by atoms with Gasteiger partial charge in [0.2, 0.25) is 0 Å². The van der Waals surface area contributed by atoms with Crippen LogP contribution < -0.4 is 10.6 Å². The number of benzene rings is 4. The number of halogens is 4. The maximum Gasteiger partial charge on any atom is 0.410 e. The third kappa shape index (κ3) is 7.40. The Kier molecular flexibility index (Phi) is 9.65. The first kappa shape index (κ1) is 33.7. The molecule has 0 bridgehead atoms. The van der Waals surface area contributed by atoms with Crippen LogP contribution in [0, 0.1) is 23.0 Å². The number of hydrogen-bond donors (Lipinski definition) is 2. The Morgan fingerprint density at radius 3 is 2.57 bits per heavy atom. The monoisotopic (exact) mass is 724 g/mol. The topological polar surface area (TPSA) is 121 Å². The minimum atomic E-state index is -0.611. The second kappa shape index (κ2) is 14.6. The summed E-state index contributed by atoms with van der Waals surface area (Å²) in [6, 6.07) is 24.5. The zero-order valence-corrected chi connectivity index (χ0v) is 28.2. The molecule has 6 aromatic rings. The molecule has 51 heavy (non-hydrogen) atoms. The Morgan fingerprint density at radius 2 is 1.80 bits per heavy atom. The first-order chi connectivity index (χ1) is 24.7. The van der Waals surface area contributed by atoms with Gasteiger partial charge < -0.3 is 20.3 Å². The lowest BCUT2D eigenvalue weighted by Crippen LogP contribution is -2.29. The van der Waals surface area contributed by atoms with E-state index in [1.54, 1.807) is 40.0 Å². The summed E-state index contributed by atoms with van der Waals surface area (Å²) in [7, 11) is 0. The van der Waals surface area contributed by atoms with Crippen molar-refractivity contribution in [3.05, 3.63) is 141 Å². The van der Waals surface area contributed by atoms with E-state index in [1.165, 1.54) is 36.5 Å². The molecule has 1 unspecified atom stereocenters. The number of pyridine rings is 1. The van der Waals surface area contributed by atoms with Gasteiger partial charge in [-0.1, -0.05) is 70.9 Å². The largest absolute Gasteiger partial charge is 0.445 e. The molecule has 1 aliphatic rings. The van der Waals surface area contributed by atoms with E-state index >= 15 is 0 Å². The zero-order valence-electron chi connectivity index (χ0n) is 26.7. The molecule has 1 amide bonds. The van der Waals surface area contributed by atoms with Crippen LogP contribution in [0.15, 0.2) is 97.3 Å². The van der Waals surface area contributed by atoms with Gasteiger partial charge in [0.05, 0.1) is 45.1 Å². The molecular weight excluding hydrogens is 697 g/mol. The van der Waals surface area contributed by atoms with Crippen LogP contribution in [-0.4, -0.2) is 44.1 Å². The van der Waals surface area contributed by atoms with Gasteiger partial charge in [-0.25, -0.2) is 18.3 Å². The van der Waals surface area contributed by atoms with E-state index in [2.05, 4.69) is 32.0 Å². The van der Waals surface area contributed by atoms with E-state index in [1.807, 2.05) is 30.3 Å². The lowest BCUT2D eigenvalue weighted by Gasteiger charge is -2.20. The van der Waals surface area contributed by atoms with Crippen molar-refractivity contribution >= 4 is 57.3 Å². The highest BCUT2D eigenvalue weighted by molar-refractivity contribution is 6.36. The van der Waals surface area contributed by atoms with Gasteiger partial charge >= 0.3 is 6.09 Å². The number of amides is 1. The summed E-state index contributed by atoms with van der Waals surface area (Å²) in [5.74, 6) is -0.973. The Hall–Kier alpha value is -5.77.